The van der Waals surface area contributed by atoms with Gasteiger partial charge in [-0.1, -0.05) is 0 Å². The Hall–Kier alpha value is -0.591. The zero-order chi connectivity index (χ0) is 8.97. The fraction of sp³-hybridized carbons (Fsp3) is 0.300. The number of benzene rings is 1. The van der Waals surface area contributed by atoms with Crippen LogP contribution in [-0.2, 0) is 0 Å². The van der Waals surface area contributed by atoms with Crippen molar-refractivity contribution >= 4 is 25.2 Å². The van der Waals surface area contributed by atoms with Crippen molar-refractivity contribution in [2.45, 2.75) is 19.2 Å². The van der Waals surface area contributed by atoms with Gasteiger partial charge in [0, 0.05) is 0 Å². The third-order valence-electron chi connectivity index (χ3n) is 1.57. The van der Waals surface area contributed by atoms with Gasteiger partial charge in [-0.25, -0.2) is 0 Å². The topological polar surface area (TPSA) is 17.1 Å². The van der Waals surface area contributed by atoms with Crippen LogP contribution in [-0.4, -0.2) is 20.7 Å². The summed E-state index contributed by atoms with van der Waals surface area (Å²) in [4.78, 5) is 10.9. The van der Waals surface area contributed by atoms with Crippen LogP contribution >= 0.6 is 0 Å². The molecule has 0 bridgehead atoms. The van der Waals surface area contributed by atoms with Crippen LogP contribution in [0.15, 0.2) is 24.3 Å². The van der Waals surface area contributed by atoms with E-state index in [4.69, 9.17) is 0 Å². The average molecular weight is 227 g/mol. The number of Topliss-reactive ketones (excluding diaryl/α,β-unsaturated/α-hetero) is 1. The molecule has 0 aliphatic carbocycles. The standard InChI is InChI=1S/C10H12OSe/c1-3-12-10-6-4-9(5-7-10)8(2)11/h4-7H,3H2,1-2H3. The molecule has 0 aromatic heterocycles. The molecule has 0 unspecified atom stereocenters. The summed E-state index contributed by atoms with van der Waals surface area (Å²) in [5.74, 6) is 0.144. The van der Waals surface area contributed by atoms with Gasteiger partial charge in [-0.15, -0.1) is 0 Å². The van der Waals surface area contributed by atoms with Crippen molar-refractivity contribution in [1.29, 1.82) is 0 Å². The van der Waals surface area contributed by atoms with E-state index in [1.807, 2.05) is 12.1 Å². The van der Waals surface area contributed by atoms with Gasteiger partial charge in [0.1, 0.15) is 0 Å². The number of carbonyl (C=O) groups is 1. The molecule has 0 heterocycles. The van der Waals surface area contributed by atoms with Crippen molar-refractivity contribution in [3.05, 3.63) is 29.8 Å². The monoisotopic (exact) mass is 228 g/mol. The summed E-state index contributed by atoms with van der Waals surface area (Å²) in [5, 5.41) is 1.21. The molecular formula is C10H12OSe. The second kappa shape index (κ2) is 4.44. The summed E-state index contributed by atoms with van der Waals surface area (Å²) in [6, 6.07) is 7.94. The van der Waals surface area contributed by atoms with E-state index in [1.165, 1.54) is 9.78 Å². The summed E-state index contributed by atoms with van der Waals surface area (Å²) in [5.41, 5.74) is 0.811. The Morgan fingerprint density at radius 2 is 1.92 bits per heavy atom. The molecule has 0 aliphatic rings. The summed E-state index contributed by atoms with van der Waals surface area (Å²) in [6.07, 6.45) is 0. The SMILES string of the molecule is CC[Se]c1ccc(C(C)=O)cc1. The van der Waals surface area contributed by atoms with Crippen LogP contribution in [0, 0.1) is 0 Å². The second-order valence-electron chi connectivity index (χ2n) is 2.51. The van der Waals surface area contributed by atoms with E-state index < -0.39 is 0 Å². The number of rotatable bonds is 3. The maximum absolute atomic E-state index is 10.9. The van der Waals surface area contributed by atoms with Gasteiger partial charge in [0.2, 0.25) is 0 Å². The van der Waals surface area contributed by atoms with Crippen LogP contribution in [0.3, 0.4) is 0 Å². The summed E-state index contributed by atoms with van der Waals surface area (Å²) < 4.78 is 1.37. The quantitative estimate of drug-likeness (QED) is 0.567. The van der Waals surface area contributed by atoms with Crippen molar-refractivity contribution in [2.24, 2.45) is 0 Å². The molecule has 0 atom stereocenters. The van der Waals surface area contributed by atoms with Gasteiger partial charge < -0.3 is 0 Å². The second-order valence-corrected chi connectivity index (χ2v) is 5.32. The Morgan fingerprint density at radius 1 is 1.33 bits per heavy atom. The van der Waals surface area contributed by atoms with Gasteiger partial charge >= 0.3 is 79.0 Å². The summed E-state index contributed by atoms with van der Waals surface area (Å²) in [7, 11) is 0. The van der Waals surface area contributed by atoms with Gasteiger partial charge in [-0.2, -0.15) is 0 Å². The molecule has 1 aromatic carbocycles. The van der Waals surface area contributed by atoms with Crippen LogP contribution in [0.4, 0.5) is 0 Å². The van der Waals surface area contributed by atoms with Crippen molar-refractivity contribution < 1.29 is 4.79 Å². The fourth-order valence-electron chi connectivity index (χ4n) is 0.953. The minimum atomic E-state index is 0.144. The van der Waals surface area contributed by atoms with Crippen molar-refractivity contribution in [1.82, 2.24) is 0 Å². The Morgan fingerprint density at radius 3 is 2.33 bits per heavy atom. The fourth-order valence-corrected chi connectivity index (χ4v) is 2.34. The van der Waals surface area contributed by atoms with Crippen LogP contribution in [0.25, 0.3) is 0 Å². The van der Waals surface area contributed by atoms with E-state index in [0.29, 0.717) is 15.0 Å². The molecule has 1 rings (SSSR count). The third-order valence-corrected chi connectivity index (χ3v) is 3.45. The normalized spacial score (nSPS) is 9.83. The van der Waals surface area contributed by atoms with Gasteiger partial charge in [0.15, 0.2) is 0 Å². The maximum atomic E-state index is 10.9. The number of hydrogen-bond donors (Lipinski definition) is 0. The first-order valence-corrected chi connectivity index (χ1v) is 6.04. The van der Waals surface area contributed by atoms with E-state index >= 15 is 0 Å². The Labute approximate surface area is 79.3 Å². The van der Waals surface area contributed by atoms with Crippen LogP contribution in [0.5, 0.6) is 0 Å². The molecule has 0 radical (unpaired) electrons. The van der Waals surface area contributed by atoms with Crippen molar-refractivity contribution in [3.63, 3.8) is 0 Å². The molecule has 0 amide bonds. The minimum absolute atomic E-state index is 0.144. The molecule has 1 nitrogen and oxygen atoms in total. The molecule has 0 saturated carbocycles. The first kappa shape index (κ1) is 9.50. The number of hydrogen-bond acceptors (Lipinski definition) is 1. The molecule has 0 spiro atoms. The first-order chi connectivity index (χ1) is 5.74. The van der Waals surface area contributed by atoms with Crippen LogP contribution < -0.4 is 4.46 Å². The molecule has 0 fully saturated rings. The number of carbonyl (C=O) groups excluding carboxylic acids is 1. The Kier molecular flexibility index (Phi) is 3.51. The third kappa shape index (κ3) is 2.47. The molecular weight excluding hydrogens is 215 g/mol. The van der Waals surface area contributed by atoms with E-state index in [9.17, 15) is 4.79 Å². The summed E-state index contributed by atoms with van der Waals surface area (Å²) in [6.45, 7) is 3.78. The van der Waals surface area contributed by atoms with Gasteiger partial charge in [-0.05, 0) is 0 Å². The van der Waals surface area contributed by atoms with Gasteiger partial charge in [0.25, 0.3) is 0 Å². The zero-order valence-electron chi connectivity index (χ0n) is 7.33. The predicted octanol–water partition coefficient (Wildman–Crippen LogP) is 1.66. The molecule has 0 N–H and O–H groups in total. The molecule has 64 valence electrons. The van der Waals surface area contributed by atoms with E-state index in [2.05, 4.69) is 19.1 Å². The van der Waals surface area contributed by atoms with Crippen molar-refractivity contribution in [2.75, 3.05) is 0 Å². The molecule has 2 heteroatoms. The summed E-state index contributed by atoms with van der Waals surface area (Å²) >= 11 is 0.579. The van der Waals surface area contributed by atoms with Crippen molar-refractivity contribution in [3.8, 4) is 0 Å². The van der Waals surface area contributed by atoms with Crippen LogP contribution in [0.1, 0.15) is 24.2 Å². The van der Waals surface area contributed by atoms with E-state index in [0.717, 1.165) is 5.56 Å². The molecule has 12 heavy (non-hydrogen) atoms. The number of ketones is 1. The molecule has 0 saturated heterocycles. The zero-order valence-corrected chi connectivity index (χ0v) is 9.05. The predicted molar refractivity (Wildman–Crippen MR) is 52.3 cm³/mol. The van der Waals surface area contributed by atoms with Crippen LogP contribution in [0.2, 0.25) is 5.32 Å². The first-order valence-electron chi connectivity index (χ1n) is 3.98. The van der Waals surface area contributed by atoms with Gasteiger partial charge in [0.05, 0.1) is 0 Å². The molecule has 1 aromatic rings. The molecule has 0 aliphatic heterocycles. The van der Waals surface area contributed by atoms with Gasteiger partial charge in [-0.3, -0.25) is 0 Å². The average Bonchev–Trinajstić information content (AvgIpc) is 2.06. The Balaban J connectivity index is 2.78. The Bertz CT molecular complexity index is 264. The van der Waals surface area contributed by atoms with E-state index in [1.54, 1.807) is 6.92 Å². The van der Waals surface area contributed by atoms with E-state index in [-0.39, 0.29) is 5.78 Å².